The van der Waals surface area contributed by atoms with Crippen LogP contribution in [-0.4, -0.2) is 99.7 Å². The number of rotatable bonds is 8. The van der Waals surface area contributed by atoms with Gasteiger partial charge < -0.3 is 28.9 Å². The van der Waals surface area contributed by atoms with Crippen LogP contribution in [0, 0.1) is 12.3 Å². The lowest BCUT2D eigenvalue weighted by Gasteiger charge is -2.53. The molecular weight excluding hydrogens is 642 g/mol. The van der Waals surface area contributed by atoms with Crippen LogP contribution in [0.2, 0.25) is 0 Å². The Bertz CT molecular complexity index is 1920. The van der Waals surface area contributed by atoms with Crippen LogP contribution < -0.4 is 14.4 Å². The first-order valence-corrected chi connectivity index (χ1v) is 18.6. The van der Waals surface area contributed by atoms with Crippen molar-refractivity contribution in [2.45, 2.75) is 91.9 Å². The van der Waals surface area contributed by atoms with E-state index in [-0.39, 0.29) is 17.6 Å². The van der Waals surface area contributed by atoms with Gasteiger partial charge in [-0.2, -0.15) is 15.1 Å². The van der Waals surface area contributed by atoms with E-state index in [2.05, 4.69) is 65.5 Å². The number of aromatic nitrogens is 4. The minimum absolute atomic E-state index is 0.0353. The first-order chi connectivity index (χ1) is 24.4. The molecule has 11 nitrogen and oxygen atoms in total. The van der Waals surface area contributed by atoms with Gasteiger partial charge >= 0.3 is 12.1 Å². The third-order valence-corrected chi connectivity index (χ3v) is 10.8. The Hall–Kier alpha value is -4.38. The second-order valence-electron chi connectivity index (χ2n) is 15.9. The summed E-state index contributed by atoms with van der Waals surface area (Å²) < 4.78 is 18.9. The molecule has 0 unspecified atom stereocenters. The zero-order chi connectivity index (χ0) is 36.1. The largest absolute Gasteiger partial charge is 0.491 e. The Morgan fingerprint density at radius 3 is 2.45 bits per heavy atom. The number of carbonyl (C=O) groups is 1. The van der Waals surface area contributed by atoms with Gasteiger partial charge in [0, 0.05) is 67.1 Å². The number of fused-ring (bicyclic) bond motifs is 2. The molecule has 3 aliphatic rings. The summed E-state index contributed by atoms with van der Waals surface area (Å²) in [5.41, 5.74) is 5.32. The SMILES string of the molecule is C=Cc1cc2c(N3CCC4(CC3)CN(C(=O)OC(C)(C)C)C4)nc(OC3CCN(C(C)C)CC3)nc2c(OCC)c1-c1c(C)ccc2[nH]ncc12. The van der Waals surface area contributed by atoms with Crippen molar-refractivity contribution in [1.82, 2.24) is 30.0 Å². The first-order valence-electron chi connectivity index (χ1n) is 18.6. The molecule has 3 saturated heterocycles. The molecular formula is C40H53N7O4. The van der Waals surface area contributed by atoms with Crippen molar-refractivity contribution in [2.75, 3.05) is 50.8 Å². The molecule has 3 fully saturated rings. The normalized spacial score (nSPS) is 18.4. The summed E-state index contributed by atoms with van der Waals surface area (Å²) in [6.45, 7) is 24.1. The van der Waals surface area contributed by atoms with Gasteiger partial charge in [-0.25, -0.2) is 4.79 Å². The highest BCUT2D eigenvalue weighted by Gasteiger charge is 2.48. The summed E-state index contributed by atoms with van der Waals surface area (Å²) in [5, 5.41) is 9.43. The number of aryl methyl sites for hydroxylation is 1. The van der Waals surface area contributed by atoms with Crippen LogP contribution in [0.3, 0.4) is 0 Å². The summed E-state index contributed by atoms with van der Waals surface area (Å²) in [6.07, 6.45) is 7.34. The number of nitrogens with zero attached hydrogens (tertiary/aromatic N) is 6. The fraction of sp³-hybridized carbons (Fsp3) is 0.550. The lowest BCUT2D eigenvalue weighted by Crippen LogP contribution is -2.62. The lowest BCUT2D eigenvalue weighted by atomic mass is 9.72. The predicted octanol–water partition coefficient (Wildman–Crippen LogP) is 7.61. The highest BCUT2D eigenvalue weighted by molar-refractivity contribution is 6.07. The van der Waals surface area contributed by atoms with Crippen LogP contribution in [0.25, 0.3) is 39.0 Å². The average molecular weight is 696 g/mol. The Balaban J connectivity index is 1.28. The molecule has 0 aliphatic carbocycles. The average Bonchev–Trinajstić information content (AvgIpc) is 3.56. The van der Waals surface area contributed by atoms with Gasteiger partial charge in [0.05, 0.1) is 18.3 Å². The number of likely N-dealkylation sites (tertiary alicyclic amines) is 2. The molecule has 2 aromatic carbocycles. The van der Waals surface area contributed by atoms with Gasteiger partial charge in [0.15, 0.2) is 5.75 Å². The molecule has 0 atom stereocenters. The molecule has 7 rings (SSSR count). The van der Waals surface area contributed by atoms with Crippen LogP contribution in [-0.2, 0) is 4.74 Å². The highest BCUT2D eigenvalue weighted by Crippen LogP contribution is 2.47. The van der Waals surface area contributed by atoms with Gasteiger partial charge in [-0.1, -0.05) is 18.7 Å². The third kappa shape index (κ3) is 6.84. The minimum Gasteiger partial charge on any atom is -0.491 e. The number of benzene rings is 2. The van der Waals surface area contributed by atoms with Gasteiger partial charge in [0.2, 0.25) is 0 Å². The molecule has 3 aliphatic heterocycles. The van der Waals surface area contributed by atoms with Crippen molar-refractivity contribution in [3.8, 4) is 22.9 Å². The second-order valence-corrected chi connectivity index (χ2v) is 15.9. The van der Waals surface area contributed by atoms with E-state index < -0.39 is 5.60 Å². The zero-order valence-electron chi connectivity index (χ0n) is 31.3. The van der Waals surface area contributed by atoms with Gasteiger partial charge in [0.25, 0.3) is 0 Å². The summed E-state index contributed by atoms with van der Waals surface area (Å²) >= 11 is 0. The summed E-state index contributed by atoms with van der Waals surface area (Å²) in [4.78, 5) is 29.8. The minimum atomic E-state index is -0.503. The molecule has 1 N–H and O–H groups in total. The maximum absolute atomic E-state index is 12.7. The third-order valence-electron chi connectivity index (χ3n) is 10.8. The monoisotopic (exact) mass is 695 g/mol. The van der Waals surface area contributed by atoms with E-state index in [1.807, 2.05) is 44.9 Å². The fourth-order valence-electron chi connectivity index (χ4n) is 8.06. The molecule has 2 aromatic heterocycles. The van der Waals surface area contributed by atoms with Crippen molar-refractivity contribution in [3.63, 3.8) is 0 Å². The summed E-state index contributed by atoms with van der Waals surface area (Å²) in [7, 11) is 0. The maximum atomic E-state index is 12.7. The Morgan fingerprint density at radius 1 is 1.08 bits per heavy atom. The van der Waals surface area contributed by atoms with Gasteiger partial charge in [-0.15, -0.1) is 0 Å². The van der Waals surface area contributed by atoms with Gasteiger partial charge in [0.1, 0.15) is 23.0 Å². The first kappa shape index (κ1) is 35.0. The molecule has 272 valence electrons. The van der Waals surface area contributed by atoms with Crippen LogP contribution in [0.15, 0.2) is 31.0 Å². The predicted molar refractivity (Wildman–Crippen MR) is 203 cm³/mol. The second kappa shape index (κ2) is 13.6. The molecule has 5 heterocycles. The zero-order valence-corrected chi connectivity index (χ0v) is 31.3. The van der Waals surface area contributed by atoms with E-state index in [4.69, 9.17) is 24.2 Å². The van der Waals surface area contributed by atoms with Gasteiger partial charge in [-0.3, -0.25) is 5.10 Å². The van der Waals surface area contributed by atoms with E-state index in [1.54, 1.807) is 0 Å². The smallest absolute Gasteiger partial charge is 0.410 e. The standard InChI is InChI=1S/C40H53N7O4/c1-9-27-21-29-34(35(49-10-2)33(27)32-26(5)11-12-31-30(32)22-41-44-31)42-37(50-28-13-17-45(18-14-28)25(3)4)43-36(29)46-19-15-40(16-20-46)23-47(24-40)38(48)51-39(6,7)8/h9,11-12,21-22,25,28H,1,10,13-20,23-24H2,2-8H3,(H,41,44). The number of amides is 1. The lowest BCUT2D eigenvalue weighted by molar-refractivity contribution is -0.0434. The van der Waals surface area contributed by atoms with E-state index in [9.17, 15) is 4.79 Å². The van der Waals surface area contributed by atoms with Crippen molar-refractivity contribution >= 4 is 39.8 Å². The van der Waals surface area contributed by atoms with Crippen molar-refractivity contribution < 1.29 is 19.0 Å². The van der Waals surface area contributed by atoms with Crippen molar-refractivity contribution in [2.24, 2.45) is 5.41 Å². The molecule has 0 bridgehead atoms. The number of nitrogens with one attached hydrogen (secondary N) is 1. The number of piperidine rings is 2. The Morgan fingerprint density at radius 2 is 1.80 bits per heavy atom. The number of carbonyl (C=O) groups excluding carboxylic acids is 1. The van der Waals surface area contributed by atoms with E-state index in [1.165, 1.54) is 0 Å². The molecule has 0 saturated carbocycles. The molecule has 51 heavy (non-hydrogen) atoms. The van der Waals surface area contributed by atoms with Crippen LogP contribution >= 0.6 is 0 Å². The van der Waals surface area contributed by atoms with Crippen molar-refractivity contribution in [1.29, 1.82) is 0 Å². The Kier molecular flexibility index (Phi) is 9.37. The van der Waals surface area contributed by atoms with Crippen LogP contribution in [0.5, 0.6) is 11.8 Å². The topological polar surface area (TPSA) is 109 Å². The number of ether oxygens (including phenoxy) is 3. The highest BCUT2D eigenvalue weighted by atomic mass is 16.6. The molecule has 1 spiro atoms. The molecule has 1 amide bonds. The van der Waals surface area contributed by atoms with E-state index in [0.717, 1.165) is 115 Å². The molecule has 11 heteroatoms. The number of hydrogen-bond acceptors (Lipinski definition) is 9. The maximum Gasteiger partial charge on any atom is 0.410 e. The van der Waals surface area contributed by atoms with Crippen molar-refractivity contribution in [3.05, 3.63) is 42.1 Å². The molecule has 4 aromatic rings. The van der Waals surface area contributed by atoms with Crippen LogP contribution in [0.4, 0.5) is 10.6 Å². The summed E-state index contributed by atoms with van der Waals surface area (Å²) in [5.74, 6) is 1.55. The number of hydrogen-bond donors (Lipinski definition) is 1. The Labute approximate surface area is 301 Å². The quantitative estimate of drug-likeness (QED) is 0.199. The molecule has 0 radical (unpaired) electrons. The fourth-order valence-corrected chi connectivity index (χ4v) is 8.06. The van der Waals surface area contributed by atoms with Gasteiger partial charge in [-0.05, 0) is 103 Å². The van der Waals surface area contributed by atoms with E-state index in [0.29, 0.717) is 24.4 Å². The number of anilines is 1. The number of aromatic amines is 1. The van der Waals surface area contributed by atoms with Crippen LogP contribution in [0.1, 0.15) is 78.4 Å². The van der Waals surface area contributed by atoms with E-state index >= 15 is 0 Å². The summed E-state index contributed by atoms with van der Waals surface area (Å²) in [6, 6.07) is 7.23. The number of H-pyrrole nitrogens is 1.